The van der Waals surface area contributed by atoms with E-state index < -0.39 is 11.6 Å². The van der Waals surface area contributed by atoms with Crippen LogP contribution in [0.4, 0.5) is 20.7 Å². The zero-order valence-corrected chi connectivity index (χ0v) is 18.6. The minimum Gasteiger partial charge on any atom is -0.340 e. The number of aromatic nitrogens is 6. The Kier molecular flexibility index (Phi) is 4.68. The molecule has 6 rings (SSSR count). The summed E-state index contributed by atoms with van der Waals surface area (Å²) < 4.78 is 29.5. The molecular formula is C22H25F2N9. The first-order valence-corrected chi connectivity index (χ1v) is 11.2. The summed E-state index contributed by atoms with van der Waals surface area (Å²) in [6, 6.07) is 2.59. The monoisotopic (exact) mass is 453 g/mol. The van der Waals surface area contributed by atoms with Crippen LogP contribution in [0.3, 0.4) is 0 Å². The van der Waals surface area contributed by atoms with Crippen molar-refractivity contribution in [1.82, 2.24) is 34.4 Å². The van der Waals surface area contributed by atoms with Crippen molar-refractivity contribution in [1.29, 1.82) is 0 Å². The summed E-state index contributed by atoms with van der Waals surface area (Å²) in [7, 11) is 4.00. The molecule has 0 spiro atoms. The maximum absolute atomic E-state index is 14.1. The van der Waals surface area contributed by atoms with Gasteiger partial charge in [0, 0.05) is 38.8 Å². The highest BCUT2D eigenvalue weighted by atomic mass is 19.2. The molecule has 1 N–H and O–H groups in total. The SMILES string of the molecule is CN1CCN(c2nc(N(C)Cc3nc4c(F)c(F)ccc4[nH]3)n3ncc(C4CC4)c3n2)CC1. The number of halogens is 2. The molecular weight excluding hydrogens is 428 g/mol. The second-order valence-electron chi connectivity index (χ2n) is 9.02. The molecule has 1 saturated heterocycles. The Bertz CT molecular complexity index is 1330. The van der Waals surface area contributed by atoms with Crippen molar-refractivity contribution in [2.24, 2.45) is 0 Å². The van der Waals surface area contributed by atoms with Crippen LogP contribution in [0.1, 0.15) is 30.1 Å². The number of nitrogens with one attached hydrogen (secondary N) is 1. The molecule has 0 atom stereocenters. The number of nitrogens with zero attached hydrogens (tertiary/aromatic N) is 8. The molecule has 2 aliphatic rings. The lowest BCUT2D eigenvalue weighted by Gasteiger charge is -2.32. The highest BCUT2D eigenvalue weighted by molar-refractivity contribution is 5.75. The van der Waals surface area contributed by atoms with Gasteiger partial charge in [0.25, 0.3) is 0 Å². The number of likely N-dealkylation sites (N-methyl/N-ethyl adjacent to an activating group) is 1. The number of hydrogen-bond donors (Lipinski definition) is 1. The predicted molar refractivity (Wildman–Crippen MR) is 121 cm³/mol. The molecule has 172 valence electrons. The predicted octanol–water partition coefficient (Wildman–Crippen LogP) is 2.54. The van der Waals surface area contributed by atoms with E-state index in [4.69, 9.17) is 9.97 Å². The number of piperazine rings is 1. The number of imidazole rings is 1. The van der Waals surface area contributed by atoms with Gasteiger partial charge < -0.3 is 19.7 Å². The fraction of sp³-hybridized carbons (Fsp3) is 0.455. The minimum absolute atomic E-state index is 0.000492. The van der Waals surface area contributed by atoms with Crippen molar-refractivity contribution in [2.75, 3.05) is 50.1 Å². The van der Waals surface area contributed by atoms with Gasteiger partial charge in [-0.25, -0.2) is 13.8 Å². The van der Waals surface area contributed by atoms with Gasteiger partial charge in [-0.15, -0.1) is 0 Å². The molecule has 1 aromatic carbocycles. The van der Waals surface area contributed by atoms with Crippen molar-refractivity contribution >= 4 is 28.6 Å². The maximum atomic E-state index is 14.1. The zero-order valence-electron chi connectivity index (χ0n) is 18.6. The van der Waals surface area contributed by atoms with Gasteiger partial charge in [-0.1, -0.05) is 0 Å². The molecule has 3 aromatic heterocycles. The maximum Gasteiger partial charge on any atom is 0.232 e. The Balaban J connectivity index is 1.38. The molecule has 9 nitrogen and oxygen atoms in total. The summed E-state index contributed by atoms with van der Waals surface area (Å²) in [6.07, 6.45) is 4.20. The summed E-state index contributed by atoms with van der Waals surface area (Å²) in [6.45, 7) is 3.95. The van der Waals surface area contributed by atoms with E-state index in [1.165, 1.54) is 6.07 Å². The van der Waals surface area contributed by atoms with Gasteiger partial charge in [0.2, 0.25) is 11.9 Å². The van der Waals surface area contributed by atoms with Crippen LogP contribution in [-0.2, 0) is 6.54 Å². The highest BCUT2D eigenvalue weighted by Crippen LogP contribution is 2.42. The number of aromatic amines is 1. The lowest BCUT2D eigenvalue weighted by Crippen LogP contribution is -2.45. The second kappa shape index (κ2) is 7.62. The molecule has 0 radical (unpaired) electrons. The van der Waals surface area contributed by atoms with Crippen LogP contribution < -0.4 is 9.80 Å². The Morgan fingerprint density at radius 3 is 2.64 bits per heavy atom. The molecule has 4 aromatic rings. The number of hydrogen-bond acceptors (Lipinski definition) is 7. The van der Waals surface area contributed by atoms with E-state index in [2.05, 4.69) is 31.9 Å². The van der Waals surface area contributed by atoms with E-state index in [0.717, 1.165) is 56.3 Å². The van der Waals surface area contributed by atoms with Crippen LogP contribution in [0, 0.1) is 11.6 Å². The average molecular weight is 454 g/mol. The summed E-state index contributed by atoms with van der Waals surface area (Å²) in [5, 5.41) is 4.59. The Morgan fingerprint density at radius 1 is 1.09 bits per heavy atom. The summed E-state index contributed by atoms with van der Waals surface area (Å²) in [5.74, 6) is 0.488. The number of H-pyrrole nitrogens is 1. The Labute approximate surface area is 189 Å². The molecule has 0 amide bonds. The van der Waals surface area contributed by atoms with Gasteiger partial charge in [0.15, 0.2) is 17.3 Å². The van der Waals surface area contributed by atoms with E-state index in [-0.39, 0.29) is 5.52 Å². The van der Waals surface area contributed by atoms with Crippen LogP contribution in [0.15, 0.2) is 18.3 Å². The first kappa shape index (κ1) is 20.3. The Morgan fingerprint density at radius 2 is 1.88 bits per heavy atom. The third-order valence-electron chi connectivity index (χ3n) is 6.49. The van der Waals surface area contributed by atoms with Crippen molar-refractivity contribution in [3.05, 3.63) is 41.4 Å². The van der Waals surface area contributed by atoms with Crippen molar-refractivity contribution in [2.45, 2.75) is 25.3 Å². The first-order valence-electron chi connectivity index (χ1n) is 11.2. The number of anilines is 2. The van der Waals surface area contributed by atoms with Crippen LogP contribution in [-0.4, -0.2) is 74.7 Å². The quantitative estimate of drug-likeness (QED) is 0.497. The van der Waals surface area contributed by atoms with Gasteiger partial charge in [-0.2, -0.15) is 19.6 Å². The van der Waals surface area contributed by atoms with Crippen molar-refractivity contribution in [3.63, 3.8) is 0 Å². The van der Waals surface area contributed by atoms with Gasteiger partial charge in [0.1, 0.15) is 11.3 Å². The van der Waals surface area contributed by atoms with E-state index in [9.17, 15) is 8.78 Å². The van der Waals surface area contributed by atoms with E-state index in [1.54, 1.807) is 4.52 Å². The standard InChI is InChI=1S/C22H25F2N9/c1-30-7-9-32(10-8-30)21-28-20-14(13-3-4-13)11-25-33(20)22(29-21)31(2)12-17-26-16-6-5-15(23)18(24)19(16)27-17/h5-6,11,13H,3-4,7-10,12H2,1-2H3,(H,26,27). The molecule has 2 fully saturated rings. The average Bonchev–Trinajstić information content (AvgIpc) is 3.43. The molecule has 11 heteroatoms. The van der Waals surface area contributed by atoms with Gasteiger partial charge >= 0.3 is 0 Å². The normalized spacial score (nSPS) is 17.4. The largest absolute Gasteiger partial charge is 0.340 e. The number of rotatable bonds is 5. The third-order valence-corrected chi connectivity index (χ3v) is 6.49. The smallest absolute Gasteiger partial charge is 0.232 e. The van der Waals surface area contributed by atoms with Gasteiger partial charge in [0.05, 0.1) is 18.3 Å². The third kappa shape index (κ3) is 3.56. The van der Waals surface area contributed by atoms with Crippen molar-refractivity contribution < 1.29 is 8.78 Å². The lowest BCUT2D eigenvalue weighted by molar-refractivity contribution is 0.311. The topological polar surface area (TPSA) is 81.5 Å². The molecule has 1 aliphatic carbocycles. The van der Waals surface area contributed by atoms with Crippen molar-refractivity contribution in [3.8, 4) is 0 Å². The van der Waals surface area contributed by atoms with E-state index in [1.807, 2.05) is 18.1 Å². The number of benzene rings is 1. The first-order chi connectivity index (χ1) is 16.0. The highest BCUT2D eigenvalue weighted by Gasteiger charge is 2.30. The molecule has 1 saturated carbocycles. The zero-order chi connectivity index (χ0) is 22.7. The van der Waals surface area contributed by atoms with Crippen LogP contribution in [0.2, 0.25) is 0 Å². The van der Waals surface area contributed by atoms with Gasteiger partial charge in [-0.05, 0) is 37.9 Å². The van der Waals surface area contributed by atoms with E-state index in [0.29, 0.717) is 35.7 Å². The minimum atomic E-state index is -0.944. The van der Waals surface area contributed by atoms with Gasteiger partial charge in [-0.3, -0.25) is 0 Å². The molecule has 0 bridgehead atoms. The lowest BCUT2D eigenvalue weighted by atomic mass is 10.2. The number of fused-ring (bicyclic) bond motifs is 2. The molecule has 4 heterocycles. The second-order valence-corrected chi connectivity index (χ2v) is 9.02. The van der Waals surface area contributed by atoms with E-state index >= 15 is 0 Å². The fourth-order valence-corrected chi connectivity index (χ4v) is 4.39. The summed E-state index contributed by atoms with van der Waals surface area (Å²) in [5.41, 5.74) is 2.45. The van der Waals surface area contributed by atoms with Crippen LogP contribution in [0.5, 0.6) is 0 Å². The molecule has 0 unspecified atom stereocenters. The summed E-state index contributed by atoms with van der Waals surface area (Å²) in [4.78, 5) is 23.5. The molecule has 33 heavy (non-hydrogen) atoms. The molecule has 1 aliphatic heterocycles. The van der Waals surface area contributed by atoms with Crippen LogP contribution >= 0.6 is 0 Å². The Hall–Kier alpha value is -3.34. The van der Waals surface area contributed by atoms with Crippen LogP contribution in [0.25, 0.3) is 16.7 Å². The summed E-state index contributed by atoms with van der Waals surface area (Å²) >= 11 is 0. The fourth-order valence-electron chi connectivity index (χ4n) is 4.39.